The molecule has 4 N–H and O–H groups in total. The molecule has 0 amide bonds. The minimum Gasteiger partial charge on any atom is -0.504 e. The lowest BCUT2D eigenvalue weighted by Crippen LogP contribution is -2.41. The van der Waals surface area contributed by atoms with Gasteiger partial charge < -0.3 is 34.3 Å². The largest absolute Gasteiger partial charge is 0.504 e. The lowest BCUT2D eigenvalue weighted by Gasteiger charge is -2.34. The number of nitrogens with zero attached hydrogens (tertiary/aromatic N) is 2. The number of sulfone groups is 3. The first-order chi connectivity index (χ1) is 30.1. The second kappa shape index (κ2) is 19.1. The van der Waals surface area contributed by atoms with Gasteiger partial charge in [-0.25, -0.2) is 35.2 Å². The number of oxazole rings is 2. The van der Waals surface area contributed by atoms with Gasteiger partial charge in [-0.15, -0.1) is 0 Å². The Morgan fingerprint density at radius 2 is 0.954 bits per heavy atom. The molecule has 0 atom stereocenters. The lowest BCUT2D eigenvalue weighted by molar-refractivity contribution is 0.0121. The molecule has 0 unspecified atom stereocenters. The number of aliphatic hydroxyl groups is 1. The van der Waals surface area contributed by atoms with Gasteiger partial charge in [-0.1, -0.05) is 76.3 Å². The molecular weight excluding hydrogens is 965 g/mol. The number of aromatic hydroxyl groups is 1. The van der Waals surface area contributed by atoms with Gasteiger partial charge in [0.1, 0.15) is 25.7 Å². The molecule has 3 saturated carbocycles. The second-order valence-corrected chi connectivity index (χ2v) is 26.2. The molecule has 5 aromatic rings. The molecule has 3 aliphatic rings. The fourth-order valence-electron chi connectivity index (χ4n) is 7.47. The van der Waals surface area contributed by atoms with E-state index in [0.29, 0.717) is 61.7 Å². The number of hydrogen-bond acceptors (Lipinski definition) is 15. The van der Waals surface area contributed by atoms with Crippen molar-refractivity contribution in [3.63, 3.8) is 0 Å². The van der Waals surface area contributed by atoms with E-state index in [0.717, 1.165) is 0 Å². The molecule has 2 aromatic heterocycles. The van der Waals surface area contributed by atoms with Crippen LogP contribution in [0.5, 0.6) is 5.75 Å². The smallest absolute Gasteiger partial charge is 0.200 e. The first-order valence-corrected chi connectivity index (χ1v) is 27.0. The summed E-state index contributed by atoms with van der Waals surface area (Å²) in [6.45, 7) is 16.6. The number of aromatic nitrogens is 2. The van der Waals surface area contributed by atoms with E-state index >= 15 is 0 Å². The molecular formula is C44H56Cl3N3O12S3. The summed E-state index contributed by atoms with van der Waals surface area (Å²) in [6, 6.07) is 9.21. The average Bonchev–Trinajstić information content (AvgIpc) is 3.80. The van der Waals surface area contributed by atoms with Crippen molar-refractivity contribution >= 4 is 92.2 Å². The van der Waals surface area contributed by atoms with E-state index in [1.807, 2.05) is 55.4 Å². The maximum atomic E-state index is 13.0. The highest BCUT2D eigenvalue weighted by Gasteiger charge is 2.45. The number of hydrogen-bond donors (Lipinski definition) is 3. The monoisotopic (exact) mass is 1020 g/mol. The number of fused-ring (bicyclic) bond motifs is 2. The van der Waals surface area contributed by atoms with Gasteiger partial charge in [0.15, 0.2) is 46.4 Å². The molecule has 3 aromatic carbocycles. The zero-order valence-electron chi connectivity index (χ0n) is 37.4. The van der Waals surface area contributed by atoms with Crippen molar-refractivity contribution in [2.45, 2.75) is 153 Å². The highest BCUT2D eigenvalue weighted by Crippen LogP contribution is 2.44. The first kappa shape index (κ1) is 51.2. The summed E-state index contributed by atoms with van der Waals surface area (Å²) in [5.74, 6) is 0.499. The van der Waals surface area contributed by atoms with Crippen LogP contribution in [0.2, 0.25) is 15.1 Å². The van der Waals surface area contributed by atoms with E-state index in [4.69, 9.17) is 58.8 Å². The van der Waals surface area contributed by atoms with Crippen molar-refractivity contribution in [1.29, 1.82) is 0 Å². The van der Waals surface area contributed by atoms with Crippen molar-refractivity contribution in [1.82, 2.24) is 9.97 Å². The molecule has 3 aliphatic carbocycles. The number of rotatable bonds is 10. The van der Waals surface area contributed by atoms with Crippen LogP contribution in [-0.2, 0) is 49.8 Å². The minimum atomic E-state index is -3.68. The van der Waals surface area contributed by atoms with Crippen LogP contribution in [0, 0.1) is 0 Å². The Bertz CT molecular complexity index is 2890. The van der Waals surface area contributed by atoms with Crippen LogP contribution in [0.25, 0.3) is 22.2 Å². The standard InChI is InChI=1S/C17H22ClNO4S.C15H18ClNO4S.C12H16ClNO4S/c1-5-22-10-8-11(9-10)24(20,21)15-12(18)6-7-13-14(15)23-16(19-13)17(2,3)4;1-15(2,3)14-17-11-5-4-10(16)13(12(11)21-14)22(19,20)9-6-8(18)7-9;1-2-18-7-5-8(6-7)19(16,17)12-9(13)3-4-10(14)11(12)15/h6-7,10-11H,5,8-9H2,1-4H3;4-5,8-9,18H,6-7H2,1-3H3;3-4,7-8,15H,2,5-6,14H2,1H3. The number of nitrogen functional groups attached to an aromatic ring is 1. The number of benzene rings is 3. The lowest BCUT2D eigenvalue weighted by atomic mass is 9.95. The summed E-state index contributed by atoms with van der Waals surface area (Å²) in [5.41, 5.74) is 6.34. The molecule has 15 nitrogen and oxygen atoms in total. The number of nitrogens with two attached hydrogens (primary N) is 1. The van der Waals surface area contributed by atoms with Crippen molar-refractivity contribution in [2.24, 2.45) is 0 Å². The number of aliphatic hydroxyl groups excluding tert-OH is 1. The highest BCUT2D eigenvalue weighted by molar-refractivity contribution is 7.93. The molecule has 0 bridgehead atoms. The Hall–Kier alpha value is -3.20. The Morgan fingerprint density at radius 1 is 0.615 bits per heavy atom. The molecule has 0 radical (unpaired) electrons. The van der Waals surface area contributed by atoms with Crippen LogP contribution in [0.1, 0.15) is 106 Å². The number of phenols is 1. The van der Waals surface area contributed by atoms with Gasteiger partial charge >= 0.3 is 0 Å². The number of halogens is 3. The molecule has 2 heterocycles. The second-order valence-electron chi connectivity index (χ2n) is 18.5. The van der Waals surface area contributed by atoms with Gasteiger partial charge in [0.2, 0.25) is 11.8 Å². The predicted octanol–water partition coefficient (Wildman–Crippen LogP) is 9.16. The van der Waals surface area contributed by atoms with E-state index in [1.54, 1.807) is 18.2 Å². The van der Waals surface area contributed by atoms with Gasteiger partial charge in [0.05, 0.1) is 54.8 Å². The highest BCUT2D eigenvalue weighted by atomic mass is 35.5. The third-order valence-electron chi connectivity index (χ3n) is 11.5. The molecule has 21 heteroatoms. The van der Waals surface area contributed by atoms with Crippen LogP contribution < -0.4 is 5.73 Å². The first-order valence-electron chi connectivity index (χ1n) is 21.2. The predicted molar refractivity (Wildman–Crippen MR) is 250 cm³/mol. The Kier molecular flexibility index (Phi) is 15.0. The molecule has 0 saturated heterocycles. The van der Waals surface area contributed by atoms with Gasteiger partial charge in [-0.05, 0) is 88.8 Å². The summed E-state index contributed by atoms with van der Waals surface area (Å²) < 4.78 is 98.8. The van der Waals surface area contributed by atoms with Crippen LogP contribution in [-0.4, -0.2) is 92.7 Å². The van der Waals surface area contributed by atoms with E-state index in [2.05, 4.69) is 9.97 Å². The average molecular weight is 1020 g/mol. The normalized spacial score (nSPS) is 22.5. The van der Waals surface area contributed by atoms with Crippen molar-refractivity contribution in [3.8, 4) is 5.75 Å². The van der Waals surface area contributed by atoms with Gasteiger partial charge in [0, 0.05) is 24.0 Å². The quantitative estimate of drug-likeness (QED) is 0.0873. The summed E-state index contributed by atoms with van der Waals surface area (Å²) in [7, 11) is -10.9. The van der Waals surface area contributed by atoms with E-state index in [-0.39, 0.29) is 82.5 Å². The Morgan fingerprint density at radius 3 is 1.31 bits per heavy atom. The summed E-state index contributed by atoms with van der Waals surface area (Å²) in [6.07, 6.45) is 1.69. The van der Waals surface area contributed by atoms with Gasteiger partial charge in [0.25, 0.3) is 0 Å². The van der Waals surface area contributed by atoms with Crippen LogP contribution >= 0.6 is 34.8 Å². The molecule has 358 valence electrons. The molecule has 65 heavy (non-hydrogen) atoms. The van der Waals surface area contributed by atoms with Crippen molar-refractivity contribution in [3.05, 3.63) is 63.2 Å². The summed E-state index contributed by atoms with van der Waals surface area (Å²) >= 11 is 18.3. The van der Waals surface area contributed by atoms with E-state index < -0.39 is 57.1 Å². The zero-order chi connectivity index (χ0) is 48.2. The Balaban J connectivity index is 0.000000163. The maximum Gasteiger partial charge on any atom is 0.200 e. The number of ether oxygens (including phenoxy) is 2. The number of phenolic OH excluding ortho intramolecular Hbond substituents is 1. The number of anilines is 1. The van der Waals surface area contributed by atoms with Crippen LogP contribution in [0.3, 0.4) is 0 Å². The fourth-order valence-corrected chi connectivity index (χ4v) is 14.9. The minimum absolute atomic E-state index is 0.00339. The summed E-state index contributed by atoms with van der Waals surface area (Å²) in [5, 5.41) is 17.8. The molecule has 0 aliphatic heterocycles. The maximum absolute atomic E-state index is 13.0. The fraction of sp³-hybridized carbons (Fsp3) is 0.545. The molecule has 0 spiro atoms. The zero-order valence-corrected chi connectivity index (χ0v) is 42.1. The summed E-state index contributed by atoms with van der Waals surface area (Å²) in [4.78, 5) is 8.59. The van der Waals surface area contributed by atoms with Gasteiger partial charge in [-0.2, -0.15) is 0 Å². The molecule has 8 rings (SSSR count). The van der Waals surface area contributed by atoms with E-state index in [1.165, 1.54) is 18.2 Å². The van der Waals surface area contributed by atoms with Crippen LogP contribution in [0.4, 0.5) is 5.69 Å². The molecule has 3 fully saturated rings. The van der Waals surface area contributed by atoms with Gasteiger partial charge in [-0.3, -0.25) is 0 Å². The third kappa shape index (κ3) is 10.5. The van der Waals surface area contributed by atoms with Crippen molar-refractivity contribution < 1.29 is 53.8 Å². The van der Waals surface area contributed by atoms with Crippen molar-refractivity contribution in [2.75, 3.05) is 18.9 Å². The third-order valence-corrected chi connectivity index (χ3v) is 19.5. The Labute approximate surface area is 395 Å². The topological polar surface area (TPSA) is 239 Å². The SMILES string of the molecule is CC(C)(C)c1nc2ccc(Cl)c(S(=O)(=O)C3CC(O)C3)c2o1.CCOC1CC(S(=O)(=O)c2c(Cl)ccc(N)c2O)C1.CCOC1CC(S(=O)(=O)c2c(Cl)ccc3nc(C(C)(C)C)oc23)C1. The van der Waals surface area contributed by atoms with Crippen LogP contribution in [0.15, 0.2) is 59.9 Å². The van der Waals surface area contributed by atoms with E-state index in [9.17, 15) is 35.5 Å².